The quantitative estimate of drug-likeness (QED) is 0.682. The summed E-state index contributed by atoms with van der Waals surface area (Å²) in [6.45, 7) is 9.93. The maximum atomic E-state index is 4.10. The lowest BCUT2D eigenvalue weighted by atomic mass is 10.2. The molecule has 1 aromatic rings. The molecule has 4 nitrogen and oxygen atoms in total. The Labute approximate surface area is 97.8 Å². The van der Waals surface area contributed by atoms with E-state index in [1.54, 1.807) is 6.33 Å². The molecule has 4 heteroatoms. The van der Waals surface area contributed by atoms with E-state index in [0.29, 0.717) is 6.04 Å². The van der Waals surface area contributed by atoms with E-state index in [0.717, 1.165) is 38.2 Å². The van der Waals surface area contributed by atoms with Crippen molar-refractivity contribution in [1.82, 2.24) is 20.1 Å². The van der Waals surface area contributed by atoms with Crippen LogP contribution in [-0.4, -0.2) is 27.4 Å². The van der Waals surface area contributed by atoms with Crippen molar-refractivity contribution < 1.29 is 0 Å². The van der Waals surface area contributed by atoms with Crippen molar-refractivity contribution in [3.63, 3.8) is 0 Å². The maximum Gasteiger partial charge on any atom is 0.134 e. The topological polar surface area (TPSA) is 42.7 Å². The fraction of sp³-hybridized carbons (Fsp3) is 0.667. The van der Waals surface area contributed by atoms with E-state index in [-0.39, 0.29) is 0 Å². The van der Waals surface area contributed by atoms with Crippen LogP contribution in [0.2, 0.25) is 0 Å². The first-order chi connectivity index (χ1) is 7.77. The first-order valence-corrected chi connectivity index (χ1v) is 5.98. The summed E-state index contributed by atoms with van der Waals surface area (Å²) in [5.74, 6) is 1.06. The van der Waals surface area contributed by atoms with Gasteiger partial charge in [0.05, 0.1) is 0 Å². The first-order valence-electron chi connectivity index (χ1n) is 5.98. The van der Waals surface area contributed by atoms with Crippen LogP contribution in [0.25, 0.3) is 0 Å². The molecule has 16 heavy (non-hydrogen) atoms. The van der Waals surface area contributed by atoms with Gasteiger partial charge in [-0.1, -0.05) is 6.08 Å². The number of hydrogen-bond acceptors (Lipinski definition) is 3. The van der Waals surface area contributed by atoms with Crippen molar-refractivity contribution in [1.29, 1.82) is 0 Å². The van der Waals surface area contributed by atoms with Gasteiger partial charge in [0.1, 0.15) is 12.2 Å². The highest BCUT2D eigenvalue weighted by Gasteiger charge is 2.03. The molecule has 0 aliphatic rings. The van der Waals surface area contributed by atoms with Gasteiger partial charge in [-0.05, 0) is 26.7 Å². The lowest BCUT2D eigenvalue weighted by Crippen LogP contribution is -2.28. The van der Waals surface area contributed by atoms with Gasteiger partial charge in [0.15, 0.2) is 0 Å². The molecule has 0 aliphatic heterocycles. The number of nitrogens with one attached hydrogen (secondary N) is 1. The van der Waals surface area contributed by atoms with Crippen LogP contribution < -0.4 is 5.32 Å². The van der Waals surface area contributed by atoms with E-state index in [1.165, 1.54) is 0 Å². The summed E-state index contributed by atoms with van der Waals surface area (Å²) in [5, 5.41) is 11.5. The van der Waals surface area contributed by atoms with Crippen molar-refractivity contribution in [2.24, 2.45) is 0 Å². The van der Waals surface area contributed by atoms with Gasteiger partial charge in [0, 0.05) is 25.6 Å². The third-order valence-electron chi connectivity index (χ3n) is 2.68. The molecule has 0 spiro atoms. The molecule has 1 aromatic heterocycles. The highest BCUT2D eigenvalue weighted by molar-refractivity contribution is 4.86. The fourth-order valence-corrected chi connectivity index (χ4v) is 1.64. The Morgan fingerprint density at radius 1 is 1.62 bits per heavy atom. The summed E-state index contributed by atoms with van der Waals surface area (Å²) < 4.78 is 2.08. The smallest absolute Gasteiger partial charge is 0.134 e. The van der Waals surface area contributed by atoms with Crippen LogP contribution in [0.1, 0.15) is 32.5 Å². The average molecular weight is 222 g/mol. The molecule has 0 aromatic carbocycles. The predicted octanol–water partition coefficient (Wildman–Crippen LogP) is 1.78. The molecule has 0 fully saturated rings. The van der Waals surface area contributed by atoms with Gasteiger partial charge in [-0.15, -0.1) is 16.8 Å². The molecule has 90 valence electrons. The minimum Gasteiger partial charge on any atom is -0.318 e. The van der Waals surface area contributed by atoms with Crippen LogP contribution in [0.15, 0.2) is 19.0 Å². The van der Waals surface area contributed by atoms with Crippen LogP contribution in [-0.2, 0) is 13.0 Å². The zero-order chi connectivity index (χ0) is 11.8. The summed E-state index contributed by atoms with van der Waals surface area (Å²) in [6, 6.07) is 0.538. The Hall–Kier alpha value is -1.16. The third-order valence-corrected chi connectivity index (χ3v) is 2.68. The number of allylic oxidation sites excluding steroid dienone is 1. The standard InChI is InChI=1S/C12H22N4/c1-4-6-7-11(3)13-9-8-12-15-14-10-16(12)5-2/h4,10-11,13H,1,5-9H2,2-3H3. The number of hydrogen-bond donors (Lipinski definition) is 1. The molecule has 0 amide bonds. The van der Waals surface area contributed by atoms with Crippen molar-refractivity contribution >= 4 is 0 Å². The Kier molecular flexibility index (Phi) is 5.78. The SMILES string of the molecule is C=CCCC(C)NCCc1nncn1CC. The number of nitrogens with zero attached hydrogens (tertiary/aromatic N) is 3. The lowest BCUT2D eigenvalue weighted by Gasteiger charge is -2.12. The second-order valence-electron chi connectivity index (χ2n) is 4.00. The molecule has 1 unspecified atom stereocenters. The van der Waals surface area contributed by atoms with Gasteiger partial charge >= 0.3 is 0 Å². The summed E-state index contributed by atoms with van der Waals surface area (Å²) in [7, 11) is 0. The van der Waals surface area contributed by atoms with Crippen LogP contribution in [0.3, 0.4) is 0 Å². The highest BCUT2D eigenvalue weighted by Crippen LogP contribution is 1.98. The zero-order valence-corrected chi connectivity index (χ0v) is 10.3. The molecule has 0 saturated heterocycles. The van der Waals surface area contributed by atoms with Gasteiger partial charge in [-0.25, -0.2) is 0 Å². The molecule has 1 heterocycles. The molecule has 0 radical (unpaired) electrons. The number of rotatable bonds is 8. The largest absolute Gasteiger partial charge is 0.318 e. The van der Waals surface area contributed by atoms with Crippen molar-refractivity contribution in [3.8, 4) is 0 Å². The molecular weight excluding hydrogens is 200 g/mol. The lowest BCUT2D eigenvalue weighted by molar-refractivity contribution is 0.512. The van der Waals surface area contributed by atoms with E-state index in [4.69, 9.17) is 0 Å². The van der Waals surface area contributed by atoms with Crippen molar-refractivity contribution in [2.45, 2.75) is 45.7 Å². The van der Waals surface area contributed by atoms with E-state index in [2.05, 4.69) is 40.5 Å². The van der Waals surface area contributed by atoms with Crippen LogP contribution in [0.4, 0.5) is 0 Å². The van der Waals surface area contributed by atoms with Gasteiger partial charge in [0.2, 0.25) is 0 Å². The van der Waals surface area contributed by atoms with E-state index >= 15 is 0 Å². The number of aryl methyl sites for hydroxylation is 1. The van der Waals surface area contributed by atoms with Crippen LogP contribution >= 0.6 is 0 Å². The Bertz CT molecular complexity index is 306. The third kappa shape index (κ3) is 4.14. The molecule has 1 N–H and O–H groups in total. The normalized spacial score (nSPS) is 12.6. The van der Waals surface area contributed by atoms with Crippen LogP contribution in [0.5, 0.6) is 0 Å². The number of aromatic nitrogens is 3. The monoisotopic (exact) mass is 222 g/mol. The molecular formula is C12H22N4. The van der Waals surface area contributed by atoms with Gasteiger partial charge < -0.3 is 9.88 Å². The minimum atomic E-state index is 0.538. The van der Waals surface area contributed by atoms with Gasteiger partial charge in [-0.3, -0.25) is 0 Å². The fourth-order valence-electron chi connectivity index (χ4n) is 1.64. The van der Waals surface area contributed by atoms with Gasteiger partial charge in [-0.2, -0.15) is 0 Å². The Balaban J connectivity index is 2.22. The Morgan fingerprint density at radius 2 is 2.44 bits per heavy atom. The molecule has 1 rings (SSSR count). The van der Waals surface area contributed by atoms with E-state index in [1.807, 2.05) is 6.08 Å². The van der Waals surface area contributed by atoms with Crippen molar-refractivity contribution in [2.75, 3.05) is 6.54 Å². The highest BCUT2D eigenvalue weighted by atomic mass is 15.3. The minimum absolute atomic E-state index is 0.538. The predicted molar refractivity (Wildman–Crippen MR) is 66.3 cm³/mol. The van der Waals surface area contributed by atoms with Gasteiger partial charge in [0.25, 0.3) is 0 Å². The summed E-state index contributed by atoms with van der Waals surface area (Å²) in [6.07, 6.45) is 6.90. The van der Waals surface area contributed by atoms with E-state index in [9.17, 15) is 0 Å². The average Bonchev–Trinajstić information content (AvgIpc) is 2.74. The summed E-state index contributed by atoms with van der Waals surface area (Å²) >= 11 is 0. The molecule has 0 bridgehead atoms. The molecule has 0 saturated carbocycles. The molecule has 0 aliphatic carbocycles. The Morgan fingerprint density at radius 3 is 3.12 bits per heavy atom. The maximum absolute atomic E-state index is 4.10. The van der Waals surface area contributed by atoms with Crippen molar-refractivity contribution in [3.05, 3.63) is 24.8 Å². The van der Waals surface area contributed by atoms with Crippen LogP contribution in [0, 0.1) is 0 Å². The summed E-state index contributed by atoms with van der Waals surface area (Å²) in [5.41, 5.74) is 0. The summed E-state index contributed by atoms with van der Waals surface area (Å²) in [4.78, 5) is 0. The second kappa shape index (κ2) is 7.17. The zero-order valence-electron chi connectivity index (χ0n) is 10.3. The second-order valence-corrected chi connectivity index (χ2v) is 4.00. The van der Waals surface area contributed by atoms with E-state index < -0.39 is 0 Å². The molecule has 1 atom stereocenters. The first kappa shape index (κ1) is 12.9.